The first-order valence-electron chi connectivity index (χ1n) is 6.82. The average Bonchev–Trinajstić information content (AvgIpc) is 2.96. The van der Waals surface area contributed by atoms with E-state index in [2.05, 4.69) is 10.2 Å². The van der Waals surface area contributed by atoms with Gasteiger partial charge in [0.15, 0.2) is 0 Å². The fourth-order valence-electron chi connectivity index (χ4n) is 3.88. The van der Waals surface area contributed by atoms with E-state index in [0.29, 0.717) is 18.5 Å². The Morgan fingerprint density at radius 1 is 1.41 bits per heavy atom. The van der Waals surface area contributed by atoms with Gasteiger partial charge in [-0.2, -0.15) is 0 Å². The zero-order valence-electron chi connectivity index (χ0n) is 10.5. The maximum absolute atomic E-state index is 11.6. The number of aliphatic carboxylic acids is 1. The SMILES string of the molecule is CNC(CN1CC2CCC1C2)(C(=O)O)C1CC1. The van der Waals surface area contributed by atoms with Gasteiger partial charge < -0.3 is 10.4 Å². The third-order valence-corrected chi connectivity index (χ3v) is 5.08. The number of rotatable bonds is 5. The summed E-state index contributed by atoms with van der Waals surface area (Å²) in [6.07, 6.45) is 6.05. The van der Waals surface area contributed by atoms with Gasteiger partial charge in [-0.3, -0.25) is 9.69 Å². The van der Waals surface area contributed by atoms with Crippen LogP contribution in [0.3, 0.4) is 0 Å². The first kappa shape index (κ1) is 11.5. The highest BCUT2D eigenvalue weighted by atomic mass is 16.4. The van der Waals surface area contributed by atoms with E-state index in [1.54, 1.807) is 7.05 Å². The van der Waals surface area contributed by atoms with Crippen LogP contribution in [0, 0.1) is 11.8 Å². The van der Waals surface area contributed by atoms with E-state index in [4.69, 9.17) is 0 Å². The summed E-state index contributed by atoms with van der Waals surface area (Å²) in [7, 11) is 1.81. The Labute approximate surface area is 102 Å². The number of carboxylic acids is 1. The van der Waals surface area contributed by atoms with Gasteiger partial charge in [0.05, 0.1) is 0 Å². The lowest BCUT2D eigenvalue weighted by molar-refractivity contribution is -0.147. The largest absolute Gasteiger partial charge is 0.480 e. The number of fused-ring (bicyclic) bond motifs is 2. The maximum atomic E-state index is 11.6. The van der Waals surface area contributed by atoms with Crippen molar-refractivity contribution < 1.29 is 9.90 Å². The van der Waals surface area contributed by atoms with Crippen LogP contribution in [0.25, 0.3) is 0 Å². The summed E-state index contributed by atoms with van der Waals surface area (Å²) in [4.78, 5) is 14.1. The molecule has 0 spiro atoms. The molecular weight excluding hydrogens is 216 g/mol. The number of likely N-dealkylation sites (tertiary alicyclic amines) is 1. The number of hydrogen-bond acceptors (Lipinski definition) is 3. The third kappa shape index (κ3) is 1.78. The summed E-state index contributed by atoms with van der Waals surface area (Å²) in [5.74, 6) is 0.511. The third-order valence-electron chi connectivity index (χ3n) is 5.08. The standard InChI is InChI=1S/C13H22N2O2/c1-14-13(12(16)17,10-3-4-10)8-15-7-9-2-5-11(15)6-9/h9-11,14H,2-8H2,1H3,(H,16,17). The van der Waals surface area contributed by atoms with Crippen LogP contribution in [0.2, 0.25) is 0 Å². The highest BCUT2D eigenvalue weighted by molar-refractivity contribution is 5.80. The van der Waals surface area contributed by atoms with Gasteiger partial charge in [0.2, 0.25) is 0 Å². The molecule has 1 saturated heterocycles. The molecule has 0 radical (unpaired) electrons. The minimum Gasteiger partial charge on any atom is -0.480 e. The van der Waals surface area contributed by atoms with Gasteiger partial charge in [0.25, 0.3) is 0 Å². The van der Waals surface area contributed by atoms with Crippen molar-refractivity contribution in [3.63, 3.8) is 0 Å². The van der Waals surface area contributed by atoms with Crippen molar-refractivity contribution in [2.75, 3.05) is 20.1 Å². The van der Waals surface area contributed by atoms with E-state index in [1.165, 1.54) is 19.3 Å². The van der Waals surface area contributed by atoms with E-state index in [-0.39, 0.29) is 0 Å². The summed E-state index contributed by atoms with van der Waals surface area (Å²) in [5, 5.41) is 12.7. The second kappa shape index (κ2) is 3.95. The molecule has 4 heteroatoms. The quantitative estimate of drug-likeness (QED) is 0.748. The van der Waals surface area contributed by atoms with Crippen LogP contribution in [0.4, 0.5) is 0 Å². The Bertz CT molecular complexity index is 329. The number of likely N-dealkylation sites (N-methyl/N-ethyl adjacent to an activating group) is 1. The fraction of sp³-hybridized carbons (Fsp3) is 0.923. The molecular formula is C13H22N2O2. The number of hydrogen-bond donors (Lipinski definition) is 2. The maximum Gasteiger partial charge on any atom is 0.325 e. The molecule has 3 aliphatic rings. The van der Waals surface area contributed by atoms with Crippen molar-refractivity contribution in [2.24, 2.45) is 11.8 Å². The molecule has 3 unspecified atom stereocenters. The highest BCUT2D eigenvalue weighted by Gasteiger charge is 2.53. The second-order valence-electron chi connectivity index (χ2n) is 6.06. The molecule has 0 aromatic rings. The van der Waals surface area contributed by atoms with Gasteiger partial charge in [-0.05, 0) is 51.0 Å². The number of piperidine rings is 1. The fourth-order valence-corrected chi connectivity index (χ4v) is 3.88. The Morgan fingerprint density at radius 2 is 2.18 bits per heavy atom. The van der Waals surface area contributed by atoms with E-state index in [0.717, 1.165) is 25.3 Å². The van der Waals surface area contributed by atoms with E-state index >= 15 is 0 Å². The number of carbonyl (C=O) groups is 1. The van der Waals surface area contributed by atoms with E-state index in [9.17, 15) is 9.90 Å². The van der Waals surface area contributed by atoms with Crippen LogP contribution < -0.4 is 5.32 Å². The molecule has 0 aromatic heterocycles. The minimum absolute atomic E-state index is 0.337. The molecule has 0 amide bonds. The van der Waals surface area contributed by atoms with Crippen molar-refractivity contribution in [1.82, 2.24) is 10.2 Å². The molecule has 1 heterocycles. The monoisotopic (exact) mass is 238 g/mol. The Morgan fingerprint density at radius 3 is 2.59 bits per heavy atom. The lowest BCUT2D eigenvalue weighted by atomic mass is 9.91. The van der Waals surface area contributed by atoms with Gasteiger partial charge in [-0.25, -0.2) is 0 Å². The van der Waals surface area contributed by atoms with Gasteiger partial charge >= 0.3 is 5.97 Å². The van der Waals surface area contributed by atoms with Gasteiger partial charge in [-0.15, -0.1) is 0 Å². The summed E-state index contributed by atoms with van der Waals surface area (Å²) in [5.41, 5.74) is -0.690. The summed E-state index contributed by atoms with van der Waals surface area (Å²) < 4.78 is 0. The van der Waals surface area contributed by atoms with E-state index < -0.39 is 11.5 Å². The Kier molecular flexibility index (Phi) is 2.67. The summed E-state index contributed by atoms with van der Waals surface area (Å²) in [6, 6.07) is 0.658. The summed E-state index contributed by atoms with van der Waals surface area (Å²) >= 11 is 0. The molecule has 0 aromatic carbocycles. The van der Waals surface area contributed by atoms with Crippen LogP contribution in [-0.4, -0.2) is 47.7 Å². The normalized spacial score (nSPS) is 36.1. The number of nitrogens with zero attached hydrogens (tertiary/aromatic N) is 1. The van der Waals surface area contributed by atoms with Crippen LogP contribution in [0.1, 0.15) is 32.1 Å². The molecule has 2 bridgehead atoms. The van der Waals surface area contributed by atoms with Crippen LogP contribution >= 0.6 is 0 Å². The lowest BCUT2D eigenvalue weighted by Gasteiger charge is -2.37. The molecule has 2 saturated carbocycles. The zero-order valence-corrected chi connectivity index (χ0v) is 10.5. The van der Waals surface area contributed by atoms with Crippen LogP contribution in [0.5, 0.6) is 0 Å². The molecule has 96 valence electrons. The second-order valence-corrected chi connectivity index (χ2v) is 6.06. The van der Waals surface area contributed by atoms with Crippen molar-refractivity contribution in [3.05, 3.63) is 0 Å². The minimum atomic E-state index is -0.690. The van der Waals surface area contributed by atoms with Gasteiger partial charge in [-0.1, -0.05) is 0 Å². The predicted molar refractivity (Wildman–Crippen MR) is 64.9 cm³/mol. The topological polar surface area (TPSA) is 52.6 Å². The molecule has 17 heavy (non-hydrogen) atoms. The van der Waals surface area contributed by atoms with Crippen molar-refractivity contribution in [1.29, 1.82) is 0 Å². The predicted octanol–water partition coefficient (Wildman–Crippen LogP) is 0.923. The molecule has 4 nitrogen and oxygen atoms in total. The molecule has 2 aliphatic carbocycles. The smallest absolute Gasteiger partial charge is 0.325 e. The van der Waals surface area contributed by atoms with Crippen LogP contribution in [0.15, 0.2) is 0 Å². The molecule has 1 aliphatic heterocycles. The summed E-state index contributed by atoms with van der Waals surface area (Å²) in [6.45, 7) is 1.82. The van der Waals surface area contributed by atoms with Crippen molar-refractivity contribution >= 4 is 5.97 Å². The first-order chi connectivity index (χ1) is 8.15. The Hall–Kier alpha value is -0.610. The zero-order chi connectivity index (χ0) is 12.0. The molecule has 3 fully saturated rings. The van der Waals surface area contributed by atoms with Crippen LogP contribution in [-0.2, 0) is 4.79 Å². The van der Waals surface area contributed by atoms with Gasteiger partial charge in [0.1, 0.15) is 5.54 Å². The molecule has 3 atom stereocenters. The van der Waals surface area contributed by atoms with Crippen molar-refractivity contribution in [2.45, 2.75) is 43.7 Å². The first-order valence-corrected chi connectivity index (χ1v) is 6.82. The molecule has 2 N–H and O–H groups in total. The highest BCUT2D eigenvalue weighted by Crippen LogP contribution is 2.43. The Balaban J connectivity index is 1.74. The van der Waals surface area contributed by atoms with E-state index in [1.807, 2.05) is 0 Å². The average molecular weight is 238 g/mol. The lowest BCUT2D eigenvalue weighted by Crippen LogP contribution is -2.60. The van der Waals surface area contributed by atoms with Crippen molar-refractivity contribution in [3.8, 4) is 0 Å². The number of nitrogens with one attached hydrogen (secondary N) is 1. The number of carboxylic acid groups (broad SMARTS) is 1. The molecule has 3 rings (SSSR count). The van der Waals surface area contributed by atoms with Gasteiger partial charge in [0, 0.05) is 19.1 Å².